The summed E-state index contributed by atoms with van der Waals surface area (Å²) in [7, 11) is 0. The van der Waals surface area contributed by atoms with Crippen LogP contribution in [-0.2, 0) is 11.0 Å². The molecule has 1 fully saturated rings. The van der Waals surface area contributed by atoms with E-state index in [0.29, 0.717) is 24.3 Å². The molecular weight excluding hydrogens is 377 g/mol. The Bertz CT molecular complexity index is 834. The Morgan fingerprint density at radius 2 is 2.04 bits per heavy atom. The van der Waals surface area contributed by atoms with Gasteiger partial charge in [-0.1, -0.05) is 12.1 Å². The van der Waals surface area contributed by atoms with E-state index in [1.807, 2.05) is 5.38 Å². The van der Waals surface area contributed by atoms with E-state index in [9.17, 15) is 22.8 Å². The Hall–Kier alpha value is -2.35. The van der Waals surface area contributed by atoms with Crippen LogP contribution in [0.2, 0.25) is 0 Å². The van der Waals surface area contributed by atoms with Crippen molar-refractivity contribution in [1.29, 1.82) is 0 Å². The molecular formula is C19H19F3N2O2S. The van der Waals surface area contributed by atoms with Gasteiger partial charge in [0.1, 0.15) is 0 Å². The second kappa shape index (κ2) is 7.72. The third-order valence-corrected chi connectivity index (χ3v) is 5.48. The number of carbonyl (C=O) groups excluding carboxylic acids is 2. The number of alkyl halides is 3. The average molecular weight is 396 g/mol. The number of likely N-dealkylation sites (tertiary alicyclic amines) is 1. The lowest BCUT2D eigenvalue weighted by Crippen LogP contribution is -2.43. The summed E-state index contributed by atoms with van der Waals surface area (Å²) in [6.45, 7) is 2.22. The summed E-state index contributed by atoms with van der Waals surface area (Å²) in [5.74, 6) is -0.925. The maximum atomic E-state index is 13.0. The van der Waals surface area contributed by atoms with Gasteiger partial charge in [-0.05, 0) is 48.9 Å². The monoisotopic (exact) mass is 396 g/mol. The number of rotatable bonds is 3. The smallest absolute Gasteiger partial charge is 0.337 e. The molecule has 2 amide bonds. The molecule has 0 bridgehead atoms. The van der Waals surface area contributed by atoms with Crippen LogP contribution in [0.4, 0.5) is 18.9 Å². The van der Waals surface area contributed by atoms with Crippen LogP contribution in [0.25, 0.3) is 0 Å². The SMILES string of the molecule is Cc1ccc(NC(=O)[C@H]2CCCN(C(=O)c3cccs3)C2)cc1C(F)(F)F. The minimum Gasteiger partial charge on any atom is -0.337 e. The number of nitrogens with one attached hydrogen (secondary N) is 1. The topological polar surface area (TPSA) is 49.4 Å². The fourth-order valence-corrected chi connectivity index (χ4v) is 3.87. The molecule has 144 valence electrons. The van der Waals surface area contributed by atoms with E-state index in [1.165, 1.54) is 30.4 Å². The van der Waals surface area contributed by atoms with Gasteiger partial charge in [-0.3, -0.25) is 9.59 Å². The quantitative estimate of drug-likeness (QED) is 0.827. The molecule has 1 aliphatic rings. The zero-order valence-corrected chi connectivity index (χ0v) is 15.5. The number of thiophene rings is 1. The van der Waals surface area contributed by atoms with Gasteiger partial charge in [0.05, 0.1) is 16.4 Å². The van der Waals surface area contributed by atoms with Crippen LogP contribution in [0, 0.1) is 12.8 Å². The van der Waals surface area contributed by atoms with E-state index in [0.717, 1.165) is 6.07 Å². The summed E-state index contributed by atoms with van der Waals surface area (Å²) in [4.78, 5) is 27.2. The Labute approximate surface area is 159 Å². The van der Waals surface area contributed by atoms with Crippen molar-refractivity contribution in [3.8, 4) is 0 Å². The number of carbonyl (C=O) groups is 2. The number of piperidine rings is 1. The minimum atomic E-state index is -4.47. The largest absolute Gasteiger partial charge is 0.416 e. The van der Waals surface area contributed by atoms with Gasteiger partial charge in [-0.25, -0.2) is 0 Å². The highest BCUT2D eigenvalue weighted by Gasteiger charge is 2.33. The summed E-state index contributed by atoms with van der Waals surface area (Å²) in [6, 6.07) is 7.28. The molecule has 0 radical (unpaired) electrons. The van der Waals surface area contributed by atoms with Crippen LogP contribution in [0.5, 0.6) is 0 Å². The van der Waals surface area contributed by atoms with Crippen LogP contribution < -0.4 is 5.32 Å². The van der Waals surface area contributed by atoms with Crippen LogP contribution in [0.15, 0.2) is 35.7 Å². The summed E-state index contributed by atoms with van der Waals surface area (Å²) in [6.07, 6.45) is -3.20. The zero-order chi connectivity index (χ0) is 19.6. The lowest BCUT2D eigenvalue weighted by atomic mass is 9.96. The van der Waals surface area contributed by atoms with Gasteiger partial charge < -0.3 is 10.2 Å². The molecule has 2 heterocycles. The fourth-order valence-electron chi connectivity index (χ4n) is 3.18. The molecule has 1 aromatic heterocycles. The molecule has 27 heavy (non-hydrogen) atoms. The number of benzene rings is 1. The van der Waals surface area contributed by atoms with Gasteiger partial charge in [0.2, 0.25) is 5.91 Å². The summed E-state index contributed by atoms with van der Waals surface area (Å²) >= 11 is 1.34. The van der Waals surface area contributed by atoms with Gasteiger partial charge in [-0.15, -0.1) is 11.3 Å². The Balaban J connectivity index is 1.68. The van der Waals surface area contributed by atoms with E-state index in [-0.39, 0.29) is 29.6 Å². The van der Waals surface area contributed by atoms with Crippen molar-refractivity contribution in [1.82, 2.24) is 4.90 Å². The van der Waals surface area contributed by atoms with Crippen LogP contribution >= 0.6 is 11.3 Å². The van der Waals surface area contributed by atoms with Crippen LogP contribution in [-0.4, -0.2) is 29.8 Å². The fraction of sp³-hybridized carbons (Fsp3) is 0.368. The van der Waals surface area contributed by atoms with Crippen molar-refractivity contribution in [2.45, 2.75) is 25.9 Å². The third-order valence-electron chi connectivity index (χ3n) is 4.62. The van der Waals surface area contributed by atoms with E-state index in [1.54, 1.807) is 17.0 Å². The molecule has 0 saturated carbocycles. The number of aryl methyl sites for hydroxylation is 1. The number of hydrogen-bond donors (Lipinski definition) is 1. The molecule has 4 nitrogen and oxygen atoms in total. The molecule has 3 rings (SSSR count). The maximum Gasteiger partial charge on any atom is 0.416 e. The first-order valence-electron chi connectivity index (χ1n) is 8.57. The minimum absolute atomic E-state index is 0.103. The first-order valence-corrected chi connectivity index (χ1v) is 9.45. The second-order valence-electron chi connectivity index (χ2n) is 6.58. The molecule has 2 aromatic rings. The predicted octanol–water partition coefficient (Wildman–Crippen LogP) is 4.57. The number of halogens is 3. The third kappa shape index (κ3) is 4.50. The van der Waals surface area contributed by atoms with Crippen LogP contribution in [0.3, 0.4) is 0 Å². The Kier molecular flexibility index (Phi) is 5.55. The first kappa shape index (κ1) is 19.4. The molecule has 0 spiro atoms. The van der Waals surface area contributed by atoms with Crippen molar-refractivity contribution >= 4 is 28.8 Å². The van der Waals surface area contributed by atoms with Gasteiger partial charge in [0.15, 0.2) is 0 Å². The standard InChI is InChI=1S/C19H19F3N2O2S/c1-12-6-7-14(10-15(12)19(20,21)22)23-17(25)13-4-2-8-24(11-13)18(26)16-5-3-9-27-16/h3,5-7,9-10,13H,2,4,8,11H2,1H3,(H,23,25)/t13-/m0/s1. The molecule has 1 N–H and O–H groups in total. The molecule has 1 aliphatic heterocycles. The van der Waals surface area contributed by atoms with Gasteiger partial charge >= 0.3 is 6.18 Å². The van der Waals surface area contributed by atoms with Crippen molar-refractivity contribution in [3.63, 3.8) is 0 Å². The van der Waals surface area contributed by atoms with Crippen molar-refractivity contribution in [2.75, 3.05) is 18.4 Å². The summed E-state index contributed by atoms with van der Waals surface area (Å²) in [5, 5.41) is 4.39. The average Bonchev–Trinajstić information content (AvgIpc) is 3.16. The number of nitrogens with zero attached hydrogens (tertiary/aromatic N) is 1. The van der Waals surface area contributed by atoms with Crippen molar-refractivity contribution < 1.29 is 22.8 Å². The van der Waals surface area contributed by atoms with E-state index in [2.05, 4.69) is 5.32 Å². The van der Waals surface area contributed by atoms with Crippen molar-refractivity contribution in [3.05, 3.63) is 51.7 Å². The lowest BCUT2D eigenvalue weighted by Gasteiger charge is -2.31. The summed E-state index contributed by atoms with van der Waals surface area (Å²) < 4.78 is 39.1. The molecule has 0 aliphatic carbocycles. The van der Waals surface area contributed by atoms with E-state index in [4.69, 9.17) is 0 Å². The van der Waals surface area contributed by atoms with E-state index < -0.39 is 17.7 Å². The van der Waals surface area contributed by atoms with Crippen molar-refractivity contribution in [2.24, 2.45) is 5.92 Å². The zero-order valence-electron chi connectivity index (χ0n) is 14.7. The van der Waals surface area contributed by atoms with E-state index >= 15 is 0 Å². The number of amides is 2. The normalized spacial score (nSPS) is 17.6. The molecule has 0 unspecified atom stereocenters. The van der Waals surface area contributed by atoms with Crippen LogP contribution in [0.1, 0.15) is 33.6 Å². The Morgan fingerprint density at radius 1 is 1.26 bits per heavy atom. The number of hydrogen-bond acceptors (Lipinski definition) is 3. The highest BCUT2D eigenvalue weighted by Crippen LogP contribution is 2.33. The molecule has 1 saturated heterocycles. The lowest BCUT2D eigenvalue weighted by molar-refractivity contribution is -0.138. The maximum absolute atomic E-state index is 13.0. The van der Waals surface area contributed by atoms with Gasteiger partial charge in [0, 0.05) is 18.8 Å². The van der Waals surface area contributed by atoms with Gasteiger partial charge in [0.25, 0.3) is 5.91 Å². The second-order valence-corrected chi connectivity index (χ2v) is 7.53. The Morgan fingerprint density at radius 3 is 2.70 bits per heavy atom. The van der Waals surface area contributed by atoms with Gasteiger partial charge in [-0.2, -0.15) is 13.2 Å². The number of anilines is 1. The summed E-state index contributed by atoms with van der Waals surface area (Å²) in [5.41, 5.74) is -0.552. The molecule has 8 heteroatoms. The highest BCUT2D eigenvalue weighted by molar-refractivity contribution is 7.12. The highest BCUT2D eigenvalue weighted by atomic mass is 32.1. The first-order chi connectivity index (χ1) is 12.8. The molecule has 1 aromatic carbocycles. The predicted molar refractivity (Wildman–Crippen MR) is 97.8 cm³/mol. The molecule has 1 atom stereocenters.